The maximum absolute atomic E-state index is 10.9. The lowest BCUT2D eigenvalue weighted by molar-refractivity contribution is -0.138. The van der Waals surface area contributed by atoms with Crippen molar-refractivity contribution >= 4 is 21.9 Å². The van der Waals surface area contributed by atoms with Gasteiger partial charge in [0.1, 0.15) is 11.7 Å². The fraction of sp³-hybridized carbons (Fsp3) is 0.333. The summed E-state index contributed by atoms with van der Waals surface area (Å²) in [6.45, 7) is -0.00585. The van der Waals surface area contributed by atoms with Crippen LogP contribution in [0.15, 0.2) is 16.7 Å². The first-order valence-corrected chi connectivity index (χ1v) is 5.02. The number of pyridine rings is 1. The number of hydrogen-bond donors (Lipinski definition) is 2. The van der Waals surface area contributed by atoms with Crippen molar-refractivity contribution in [3.05, 3.63) is 22.4 Å². The molecule has 0 radical (unpaired) electrons. The molecule has 0 saturated heterocycles. The van der Waals surface area contributed by atoms with Gasteiger partial charge in [-0.25, -0.2) is 0 Å². The van der Waals surface area contributed by atoms with Gasteiger partial charge in [0.2, 0.25) is 0 Å². The Labute approximate surface area is 95.4 Å². The third-order valence-electron chi connectivity index (χ3n) is 1.96. The van der Waals surface area contributed by atoms with Crippen molar-refractivity contribution in [2.75, 3.05) is 13.7 Å². The quantitative estimate of drug-likeness (QED) is 0.855. The Bertz CT molecular complexity index is 370. The van der Waals surface area contributed by atoms with E-state index >= 15 is 0 Å². The molecular weight excluding hydrogens is 264 g/mol. The molecular formula is C9H11BrN2O3. The average Bonchev–Trinajstić information content (AvgIpc) is 2.21. The zero-order chi connectivity index (χ0) is 11.4. The minimum atomic E-state index is -1.00. The first-order chi connectivity index (χ1) is 7.11. The Hall–Kier alpha value is -1.14. The average molecular weight is 275 g/mol. The maximum Gasteiger partial charge on any atom is 0.313 e. The highest BCUT2D eigenvalue weighted by Gasteiger charge is 2.23. The van der Waals surface area contributed by atoms with Crippen LogP contribution in [0.4, 0.5) is 0 Å². The predicted molar refractivity (Wildman–Crippen MR) is 57.9 cm³/mol. The van der Waals surface area contributed by atoms with Crippen LogP contribution in [0, 0.1) is 0 Å². The smallest absolute Gasteiger partial charge is 0.313 e. The molecule has 82 valence electrons. The van der Waals surface area contributed by atoms with Gasteiger partial charge in [-0.15, -0.1) is 0 Å². The van der Waals surface area contributed by atoms with Crippen LogP contribution >= 0.6 is 15.9 Å². The highest BCUT2D eigenvalue weighted by molar-refractivity contribution is 9.10. The normalized spacial score (nSPS) is 12.2. The van der Waals surface area contributed by atoms with Crippen molar-refractivity contribution in [3.63, 3.8) is 0 Å². The molecule has 1 atom stereocenters. The Balaban J connectivity index is 3.18. The van der Waals surface area contributed by atoms with Crippen LogP contribution in [-0.4, -0.2) is 29.7 Å². The Morgan fingerprint density at radius 1 is 1.80 bits per heavy atom. The molecule has 6 heteroatoms. The van der Waals surface area contributed by atoms with Gasteiger partial charge in [0, 0.05) is 12.7 Å². The monoisotopic (exact) mass is 274 g/mol. The number of ether oxygens (including phenoxy) is 1. The van der Waals surface area contributed by atoms with E-state index in [0.29, 0.717) is 15.9 Å². The zero-order valence-corrected chi connectivity index (χ0v) is 9.69. The van der Waals surface area contributed by atoms with Crippen LogP contribution in [-0.2, 0) is 4.79 Å². The number of nitrogens with two attached hydrogens (primary N) is 1. The number of hydrogen-bond acceptors (Lipinski definition) is 4. The summed E-state index contributed by atoms with van der Waals surface area (Å²) in [6.07, 6.45) is 1.49. The van der Waals surface area contributed by atoms with E-state index in [9.17, 15) is 4.79 Å². The van der Waals surface area contributed by atoms with E-state index in [1.54, 1.807) is 6.07 Å². The number of carboxylic acid groups (broad SMARTS) is 1. The lowest BCUT2D eigenvalue weighted by atomic mass is 10.1. The van der Waals surface area contributed by atoms with Crippen LogP contribution in [0.5, 0.6) is 5.75 Å². The number of rotatable bonds is 4. The van der Waals surface area contributed by atoms with Crippen molar-refractivity contribution in [2.24, 2.45) is 5.73 Å². The molecule has 5 nitrogen and oxygen atoms in total. The Morgan fingerprint density at radius 2 is 2.47 bits per heavy atom. The number of halogens is 1. The number of aliphatic carboxylic acids is 1. The largest absolute Gasteiger partial charge is 0.495 e. The molecule has 0 aromatic carbocycles. The summed E-state index contributed by atoms with van der Waals surface area (Å²) in [5, 5.41) is 8.93. The molecule has 1 aromatic rings. The summed E-state index contributed by atoms with van der Waals surface area (Å²) in [4.78, 5) is 14.9. The van der Waals surface area contributed by atoms with E-state index in [1.807, 2.05) is 0 Å². The first-order valence-electron chi connectivity index (χ1n) is 4.23. The molecule has 1 unspecified atom stereocenters. The Morgan fingerprint density at radius 3 is 2.93 bits per heavy atom. The van der Waals surface area contributed by atoms with E-state index in [1.165, 1.54) is 13.3 Å². The molecule has 0 bridgehead atoms. The minimum Gasteiger partial charge on any atom is -0.495 e. The van der Waals surface area contributed by atoms with Gasteiger partial charge in [-0.2, -0.15) is 0 Å². The summed E-state index contributed by atoms with van der Waals surface area (Å²) in [6, 6.07) is 1.64. The summed E-state index contributed by atoms with van der Waals surface area (Å²) < 4.78 is 5.57. The van der Waals surface area contributed by atoms with Gasteiger partial charge >= 0.3 is 5.97 Å². The van der Waals surface area contributed by atoms with Crippen LogP contribution < -0.4 is 10.5 Å². The fourth-order valence-electron chi connectivity index (χ4n) is 1.17. The third-order valence-corrected chi connectivity index (χ3v) is 2.76. The van der Waals surface area contributed by atoms with Crippen molar-refractivity contribution in [3.8, 4) is 5.75 Å². The molecule has 1 aromatic heterocycles. The number of methoxy groups -OCH3 is 1. The van der Waals surface area contributed by atoms with Gasteiger partial charge in [0.05, 0.1) is 17.3 Å². The fourth-order valence-corrected chi connectivity index (χ4v) is 1.84. The van der Waals surface area contributed by atoms with Crippen molar-refractivity contribution < 1.29 is 14.6 Å². The highest BCUT2D eigenvalue weighted by Crippen LogP contribution is 2.30. The summed E-state index contributed by atoms with van der Waals surface area (Å²) in [7, 11) is 1.50. The second-order valence-electron chi connectivity index (χ2n) is 2.84. The van der Waals surface area contributed by atoms with Gasteiger partial charge in [0.25, 0.3) is 0 Å². The van der Waals surface area contributed by atoms with Crippen LogP contribution in [0.25, 0.3) is 0 Å². The lowest BCUT2D eigenvalue weighted by Crippen LogP contribution is -2.22. The van der Waals surface area contributed by atoms with Gasteiger partial charge in [0.15, 0.2) is 0 Å². The van der Waals surface area contributed by atoms with Crippen molar-refractivity contribution in [1.29, 1.82) is 0 Å². The van der Waals surface area contributed by atoms with E-state index in [4.69, 9.17) is 15.6 Å². The number of nitrogens with zero attached hydrogens (tertiary/aromatic N) is 1. The lowest BCUT2D eigenvalue weighted by Gasteiger charge is -2.12. The maximum atomic E-state index is 10.9. The third kappa shape index (κ3) is 2.45. The summed E-state index contributed by atoms with van der Waals surface area (Å²) >= 11 is 3.24. The van der Waals surface area contributed by atoms with Crippen LogP contribution in [0.3, 0.4) is 0 Å². The number of carboxylic acids is 1. The second kappa shape index (κ2) is 5.09. The molecule has 0 aliphatic rings. The molecule has 1 rings (SSSR count). The van der Waals surface area contributed by atoms with Gasteiger partial charge in [-0.1, -0.05) is 0 Å². The predicted octanol–water partition coefficient (Wildman–Crippen LogP) is 0.980. The Kier molecular flexibility index (Phi) is 4.05. The highest BCUT2D eigenvalue weighted by atomic mass is 79.9. The van der Waals surface area contributed by atoms with E-state index < -0.39 is 11.9 Å². The van der Waals surface area contributed by atoms with E-state index in [-0.39, 0.29) is 6.54 Å². The molecule has 0 aliphatic heterocycles. The standard InChI is InChI=1S/C9H11BrN2O3/c1-15-6-2-3-12-8(7(6)10)5(4-11)9(13)14/h2-3,5H,4,11H2,1H3,(H,13,14). The van der Waals surface area contributed by atoms with Crippen molar-refractivity contribution in [1.82, 2.24) is 4.98 Å². The van der Waals surface area contributed by atoms with E-state index in [2.05, 4.69) is 20.9 Å². The van der Waals surface area contributed by atoms with Crippen molar-refractivity contribution in [2.45, 2.75) is 5.92 Å². The SMILES string of the molecule is COc1ccnc(C(CN)C(=O)O)c1Br. The van der Waals surface area contributed by atoms with Crippen LogP contribution in [0.1, 0.15) is 11.6 Å². The van der Waals surface area contributed by atoms with Gasteiger partial charge in [-0.3, -0.25) is 9.78 Å². The molecule has 0 amide bonds. The second-order valence-corrected chi connectivity index (χ2v) is 3.63. The summed E-state index contributed by atoms with van der Waals surface area (Å²) in [5.41, 5.74) is 5.76. The molecule has 0 aliphatic carbocycles. The molecule has 3 N–H and O–H groups in total. The zero-order valence-electron chi connectivity index (χ0n) is 8.11. The van der Waals surface area contributed by atoms with E-state index in [0.717, 1.165) is 0 Å². The number of carbonyl (C=O) groups is 1. The molecule has 0 fully saturated rings. The first kappa shape index (κ1) is 11.9. The molecule has 15 heavy (non-hydrogen) atoms. The topological polar surface area (TPSA) is 85.4 Å². The van der Waals surface area contributed by atoms with Gasteiger partial charge < -0.3 is 15.6 Å². The molecule has 0 spiro atoms. The number of aromatic nitrogens is 1. The van der Waals surface area contributed by atoms with Crippen LogP contribution in [0.2, 0.25) is 0 Å². The van der Waals surface area contributed by atoms with Gasteiger partial charge in [-0.05, 0) is 22.0 Å². The molecule has 0 saturated carbocycles. The summed E-state index contributed by atoms with van der Waals surface area (Å²) in [5.74, 6) is -1.28. The molecule has 1 heterocycles. The minimum absolute atomic E-state index is 0.00585.